The first-order chi connectivity index (χ1) is 11.8. The van der Waals surface area contributed by atoms with Crippen LogP contribution in [0.15, 0.2) is 37.1 Å². The summed E-state index contributed by atoms with van der Waals surface area (Å²) in [5.74, 6) is -0.103. The predicted molar refractivity (Wildman–Crippen MR) is 97.6 cm³/mol. The highest BCUT2D eigenvalue weighted by molar-refractivity contribution is 5.94. The van der Waals surface area contributed by atoms with Crippen LogP contribution in [0.3, 0.4) is 0 Å². The number of nitrogens with one attached hydrogen (secondary N) is 1. The smallest absolute Gasteiger partial charge is 0.270 e. The fourth-order valence-electron chi connectivity index (χ4n) is 2.91. The van der Waals surface area contributed by atoms with Gasteiger partial charge in [0, 0.05) is 25.1 Å². The maximum Gasteiger partial charge on any atom is 0.270 e. The zero-order valence-electron chi connectivity index (χ0n) is 15.4. The van der Waals surface area contributed by atoms with Crippen molar-refractivity contribution in [2.45, 2.75) is 47.2 Å². The van der Waals surface area contributed by atoms with Gasteiger partial charge in [-0.15, -0.1) is 0 Å². The van der Waals surface area contributed by atoms with Gasteiger partial charge in [-0.05, 0) is 37.0 Å². The number of fused-ring (bicyclic) bond motifs is 1. The van der Waals surface area contributed by atoms with Gasteiger partial charge in [-0.3, -0.25) is 9.20 Å². The van der Waals surface area contributed by atoms with Crippen molar-refractivity contribution in [1.82, 2.24) is 24.3 Å². The van der Waals surface area contributed by atoms with Crippen molar-refractivity contribution in [2.24, 2.45) is 5.41 Å². The third-order valence-electron chi connectivity index (χ3n) is 4.47. The lowest BCUT2D eigenvalue weighted by molar-refractivity contribution is 0.0886. The lowest BCUT2D eigenvalue weighted by atomic mass is 9.86. The molecule has 1 amide bonds. The molecule has 3 rings (SSSR count). The van der Waals surface area contributed by atoms with Crippen LogP contribution in [-0.2, 0) is 6.54 Å². The first-order valence-electron chi connectivity index (χ1n) is 8.47. The molecule has 0 spiro atoms. The van der Waals surface area contributed by atoms with Crippen LogP contribution in [0.5, 0.6) is 0 Å². The second-order valence-corrected chi connectivity index (χ2v) is 7.63. The Morgan fingerprint density at radius 2 is 2.04 bits per heavy atom. The minimum atomic E-state index is -0.103. The number of carbonyl (C=O) groups is 1. The number of rotatable bonds is 4. The molecule has 0 aliphatic heterocycles. The maximum atomic E-state index is 13.0. The van der Waals surface area contributed by atoms with Crippen molar-refractivity contribution in [3.8, 4) is 0 Å². The summed E-state index contributed by atoms with van der Waals surface area (Å²) in [5.41, 5.74) is 3.15. The van der Waals surface area contributed by atoms with Crippen molar-refractivity contribution in [3.63, 3.8) is 0 Å². The standard InChI is InChI=1S/C19H25N5O/c1-13-6-8-24-16(10-13)21-14(2)17(24)18(25)22-15(19(3,4)5)11-23-9-7-20-12-23/h6-10,12,15H,11H2,1-5H3,(H,22,25)/t15-/m1/s1. The lowest BCUT2D eigenvalue weighted by Gasteiger charge is -2.31. The van der Waals surface area contributed by atoms with Gasteiger partial charge in [-0.1, -0.05) is 20.8 Å². The van der Waals surface area contributed by atoms with E-state index in [1.165, 1.54) is 0 Å². The van der Waals surface area contributed by atoms with Crippen molar-refractivity contribution in [3.05, 3.63) is 54.0 Å². The van der Waals surface area contributed by atoms with Crippen molar-refractivity contribution in [1.29, 1.82) is 0 Å². The molecule has 0 saturated heterocycles. The zero-order chi connectivity index (χ0) is 18.2. The van der Waals surface area contributed by atoms with Crippen molar-refractivity contribution >= 4 is 11.6 Å². The molecule has 0 aromatic carbocycles. The molecule has 0 radical (unpaired) electrons. The summed E-state index contributed by atoms with van der Waals surface area (Å²) in [6.45, 7) is 10.9. The van der Waals surface area contributed by atoms with Crippen LogP contribution in [0.2, 0.25) is 0 Å². The van der Waals surface area contributed by atoms with Crippen LogP contribution in [0, 0.1) is 19.3 Å². The molecule has 6 nitrogen and oxygen atoms in total. The minimum absolute atomic E-state index is 0.0374. The number of hydrogen-bond acceptors (Lipinski definition) is 3. The number of aromatic nitrogens is 4. The van der Waals surface area contributed by atoms with Crippen LogP contribution in [0.25, 0.3) is 5.65 Å². The molecular weight excluding hydrogens is 314 g/mol. The molecule has 6 heteroatoms. The third-order valence-corrected chi connectivity index (χ3v) is 4.47. The maximum absolute atomic E-state index is 13.0. The molecule has 1 N–H and O–H groups in total. The largest absolute Gasteiger partial charge is 0.346 e. The third kappa shape index (κ3) is 3.57. The fraction of sp³-hybridized carbons (Fsp3) is 0.421. The predicted octanol–water partition coefficient (Wildman–Crippen LogP) is 2.99. The SMILES string of the molecule is Cc1ccn2c(C(=O)N[C@H](Cn3ccnc3)C(C)(C)C)c(C)nc2c1. The Balaban J connectivity index is 1.90. The van der Waals surface area contributed by atoms with Gasteiger partial charge in [-0.2, -0.15) is 0 Å². The van der Waals surface area contributed by atoms with E-state index in [4.69, 9.17) is 0 Å². The molecule has 0 bridgehead atoms. The topological polar surface area (TPSA) is 64.2 Å². The van der Waals surface area contributed by atoms with Gasteiger partial charge in [0.2, 0.25) is 0 Å². The van der Waals surface area contributed by atoms with Gasteiger partial charge in [-0.25, -0.2) is 9.97 Å². The number of carbonyl (C=O) groups excluding carboxylic acids is 1. The molecule has 132 valence electrons. The van der Waals surface area contributed by atoms with Crippen LogP contribution < -0.4 is 5.32 Å². The highest BCUT2D eigenvalue weighted by Gasteiger charge is 2.28. The highest BCUT2D eigenvalue weighted by atomic mass is 16.2. The Bertz CT molecular complexity index is 887. The molecule has 0 fully saturated rings. The number of imidazole rings is 2. The van der Waals surface area contributed by atoms with Gasteiger partial charge in [0.1, 0.15) is 11.3 Å². The lowest BCUT2D eigenvalue weighted by Crippen LogP contribution is -2.46. The van der Waals surface area contributed by atoms with E-state index in [2.05, 4.69) is 36.1 Å². The Hall–Kier alpha value is -2.63. The van der Waals surface area contributed by atoms with Crippen LogP contribution in [0.4, 0.5) is 0 Å². The zero-order valence-corrected chi connectivity index (χ0v) is 15.4. The second kappa shape index (κ2) is 6.35. The molecule has 25 heavy (non-hydrogen) atoms. The molecular formula is C19H25N5O. The Morgan fingerprint density at radius 3 is 2.68 bits per heavy atom. The van der Waals surface area contributed by atoms with E-state index >= 15 is 0 Å². The van der Waals surface area contributed by atoms with Gasteiger partial charge in [0.05, 0.1) is 18.1 Å². The van der Waals surface area contributed by atoms with E-state index in [0.29, 0.717) is 12.2 Å². The van der Waals surface area contributed by atoms with Gasteiger partial charge >= 0.3 is 0 Å². The Morgan fingerprint density at radius 1 is 1.28 bits per heavy atom. The summed E-state index contributed by atoms with van der Waals surface area (Å²) < 4.78 is 3.84. The van der Waals surface area contributed by atoms with Crippen LogP contribution in [-0.4, -0.2) is 30.9 Å². The number of aryl methyl sites for hydroxylation is 2. The minimum Gasteiger partial charge on any atom is -0.346 e. The second-order valence-electron chi connectivity index (χ2n) is 7.63. The first kappa shape index (κ1) is 17.2. The number of hydrogen-bond donors (Lipinski definition) is 1. The van der Waals surface area contributed by atoms with Gasteiger partial charge in [0.25, 0.3) is 5.91 Å². The summed E-state index contributed by atoms with van der Waals surface area (Å²) in [6.07, 6.45) is 7.33. The van der Waals surface area contributed by atoms with E-state index in [0.717, 1.165) is 16.9 Å². The molecule has 1 atom stereocenters. The molecule has 3 heterocycles. The Kier molecular flexibility index (Phi) is 4.37. The highest BCUT2D eigenvalue weighted by Crippen LogP contribution is 2.22. The average molecular weight is 339 g/mol. The van der Waals surface area contributed by atoms with E-state index in [1.54, 1.807) is 12.5 Å². The average Bonchev–Trinajstić information content (AvgIpc) is 3.11. The number of amides is 1. The van der Waals surface area contributed by atoms with Crippen molar-refractivity contribution in [2.75, 3.05) is 0 Å². The van der Waals surface area contributed by atoms with E-state index in [9.17, 15) is 4.79 Å². The van der Waals surface area contributed by atoms with Crippen LogP contribution in [0.1, 0.15) is 42.5 Å². The number of nitrogens with zero attached hydrogens (tertiary/aromatic N) is 4. The van der Waals surface area contributed by atoms with Crippen molar-refractivity contribution < 1.29 is 4.79 Å². The Labute approximate surface area is 147 Å². The summed E-state index contributed by atoms with van der Waals surface area (Å²) in [5, 5.41) is 3.20. The van der Waals surface area contributed by atoms with E-state index in [1.807, 2.05) is 47.3 Å². The molecule has 0 saturated carbocycles. The molecule has 3 aromatic heterocycles. The molecule has 0 unspecified atom stereocenters. The molecule has 3 aromatic rings. The first-order valence-corrected chi connectivity index (χ1v) is 8.47. The summed E-state index contributed by atoms with van der Waals surface area (Å²) >= 11 is 0. The van der Waals surface area contributed by atoms with E-state index < -0.39 is 0 Å². The fourth-order valence-corrected chi connectivity index (χ4v) is 2.91. The van der Waals surface area contributed by atoms with E-state index in [-0.39, 0.29) is 17.4 Å². The monoisotopic (exact) mass is 339 g/mol. The molecule has 0 aliphatic rings. The normalized spacial score (nSPS) is 13.2. The molecule has 0 aliphatic carbocycles. The van der Waals surface area contributed by atoms with Gasteiger partial charge in [0.15, 0.2) is 0 Å². The van der Waals surface area contributed by atoms with Crippen LogP contribution >= 0.6 is 0 Å². The summed E-state index contributed by atoms with van der Waals surface area (Å²) in [7, 11) is 0. The number of pyridine rings is 1. The summed E-state index contributed by atoms with van der Waals surface area (Å²) in [6, 6.07) is 3.93. The quantitative estimate of drug-likeness (QED) is 0.795. The van der Waals surface area contributed by atoms with Gasteiger partial charge < -0.3 is 9.88 Å². The summed E-state index contributed by atoms with van der Waals surface area (Å²) in [4.78, 5) is 21.6.